The number of anilines is 1. The van der Waals surface area contributed by atoms with Crippen LogP contribution in [0.1, 0.15) is 29.8 Å². The molecule has 4 heterocycles. The monoisotopic (exact) mass is 465 g/mol. The first-order valence-electron chi connectivity index (χ1n) is 11.1. The molecule has 2 aliphatic heterocycles. The number of fused-ring (bicyclic) bond motifs is 2. The van der Waals surface area contributed by atoms with Gasteiger partial charge in [-0.25, -0.2) is 9.50 Å². The second-order valence-corrected chi connectivity index (χ2v) is 9.38. The SMILES string of the molecule is CC1(C)Cc2cc(NC(=O)c3cnn4cccnc34)c(O[C@H]3CN(CC(N)=O)C[C@@H]3N)cc2O1. The van der Waals surface area contributed by atoms with Crippen LogP contribution in [0.15, 0.2) is 36.8 Å². The summed E-state index contributed by atoms with van der Waals surface area (Å²) in [7, 11) is 0. The van der Waals surface area contributed by atoms with Crippen molar-refractivity contribution in [2.24, 2.45) is 11.5 Å². The molecular formula is C23H27N7O4. The molecule has 3 aromatic rings. The van der Waals surface area contributed by atoms with E-state index in [1.165, 1.54) is 10.7 Å². The molecule has 1 fully saturated rings. The van der Waals surface area contributed by atoms with Gasteiger partial charge >= 0.3 is 0 Å². The Bertz CT molecular complexity index is 1270. The summed E-state index contributed by atoms with van der Waals surface area (Å²) in [4.78, 5) is 30.6. The number of aromatic nitrogens is 3. The van der Waals surface area contributed by atoms with Crippen LogP contribution in [0, 0.1) is 0 Å². The van der Waals surface area contributed by atoms with Crippen molar-refractivity contribution in [3.8, 4) is 11.5 Å². The van der Waals surface area contributed by atoms with Gasteiger partial charge in [-0.2, -0.15) is 5.10 Å². The van der Waals surface area contributed by atoms with E-state index in [4.69, 9.17) is 20.9 Å². The van der Waals surface area contributed by atoms with Crippen LogP contribution in [-0.2, 0) is 11.2 Å². The quantitative estimate of drug-likeness (QED) is 0.478. The number of carbonyl (C=O) groups is 2. The highest BCUT2D eigenvalue weighted by molar-refractivity contribution is 6.08. The van der Waals surface area contributed by atoms with E-state index in [1.807, 2.05) is 24.8 Å². The van der Waals surface area contributed by atoms with E-state index in [0.29, 0.717) is 47.9 Å². The Morgan fingerprint density at radius 3 is 2.94 bits per heavy atom. The zero-order valence-electron chi connectivity index (χ0n) is 19.0. The number of amides is 2. The molecule has 5 rings (SSSR count). The summed E-state index contributed by atoms with van der Waals surface area (Å²) >= 11 is 0. The zero-order chi connectivity index (χ0) is 24.0. The van der Waals surface area contributed by atoms with Crippen LogP contribution < -0.4 is 26.3 Å². The first-order valence-corrected chi connectivity index (χ1v) is 11.1. The van der Waals surface area contributed by atoms with E-state index in [9.17, 15) is 9.59 Å². The molecule has 1 aromatic carbocycles. The molecule has 1 saturated heterocycles. The molecule has 0 aliphatic carbocycles. The van der Waals surface area contributed by atoms with E-state index in [0.717, 1.165) is 5.56 Å². The fourth-order valence-corrected chi connectivity index (χ4v) is 4.52. The molecule has 5 N–H and O–H groups in total. The summed E-state index contributed by atoms with van der Waals surface area (Å²) in [5.41, 5.74) is 13.5. The lowest BCUT2D eigenvalue weighted by Gasteiger charge is -2.21. The highest BCUT2D eigenvalue weighted by Gasteiger charge is 2.35. The molecule has 2 aliphatic rings. The maximum Gasteiger partial charge on any atom is 0.261 e. The van der Waals surface area contributed by atoms with Gasteiger partial charge in [0.25, 0.3) is 5.91 Å². The topological polar surface area (TPSA) is 150 Å². The Morgan fingerprint density at radius 2 is 2.15 bits per heavy atom. The van der Waals surface area contributed by atoms with Gasteiger partial charge in [0.2, 0.25) is 5.91 Å². The maximum absolute atomic E-state index is 13.2. The van der Waals surface area contributed by atoms with Crippen molar-refractivity contribution < 1.29 is 19.1 Å². The molecular weight excluding hydrogens is 438 g/mol. The van der Waals surface area contributed by atoms with Crippen LogP contribution >= 0.6 is 0 Å². The Balaban J connectivity index is 1.44. The number of benzene rings is 1. The number of nitrogens with one attached hydrogen (secondary N) is 1. The zero-order valence-corrected chi connectivity index (χ0v) is 19.0. The molecule has 178 valence electrons. The third kappa shape index (κ3) is 4.27. The number of nitrogens with two attached hydrogens (primary N) is 2. The third-order valence-corrected chi connectivity index (χ3v) is 5.98. The van der Waals surface area contributed by atoms with Gasteiger partial charge in [-0.15, -0.1) is 0 Å². The summed E-state index contributed by atoms with van der Waals surface area (Å²) in [5.74, 6) is 0.366. The first-order chi connectivity index (χ1) is 16.2. The van der Waals surface area contributed by atoms with Gasteiger partial charge in [0.15, 0.2) is 5.65 Å². The van der Waals surface area contributed by atoms with Crippen LogP contribution in [0.5, 0.6) is 11.5 Å². The van der Waals surface area contributed by atoms with Crippen molar-refractivity contribution in [3.05, 3.63) is 47.9 Å². The molecule has 0 radical (unpaired) electrons. The molecule has 0 bridgehead atoms. The summed E-state index contributed by atoms with van der Waals surface area (Å²) in [6, 6.07) is 5.08. The van der Waals surface area contributed by atoms with Crippen LogP contribution in [0.4, 0.5) is 5.69 Å². The fraction of sp³-hybridized carbons (Fsp3) is 0.391. The van der Waals surface area contributed by atoms with Gasteiger partial charge < -0.3 is 26.3 Å². The predicted molar refractivity (Wildman–Crippen MR) is 124 cm³/mol. The number of nitrogens with zero attached hydrogens (tertiary/aromatic N) is 4. The lowest BCUT2D eigenvalue weighted by molar-refractivity contribution is -0.118. The normalized spacial score (nSPS) is 21.3. The average molecular weight is 466 g/mol. The molecule has 11 nitrogen and oxygen atoms in total. The number of primary amides is 1. The minimum absolute atomic E-state index is 0.111. The van der Waals surface area contributed by atoms with Crippen molar-refractivity contribution in [2.45, 2.75) is 38.0 Å². The van der Waals surface area contributed by atoms with Crippen molar-refractivity contribution >= 4 is 23.1 Å². The molecule has 11 heteroatoms. The van der Waals surface area contributed by atoms with E-state index < -0.39 is 5.91 Å². The van der Waals surface area contributed by atoms with Crippen LogP contribution in [0.3, 0.4) is 0 Å². The Hall–Kier alpha value is -3.70. The molecule has 0 saturated carbocycles. The lowest BCUT2D eigenvalue weighted by atomic mass is 10.0. The van der Waals surface area contributed by atoms with Crippen molar-refractivity contribution in [1.29, 1.82) is 0 Å². The number of carbonyl (C=O) groups excluding carboxylic acids is 2. The van der Waals surface area contributed by atoms with Crippen LogP contribution in [0.25, 0.3) is 5.65 Å². The number of rotatable bonds is 6. The summed E-state index contributed by atoms with van der Waals surface area (Å²) in [6.07, 6.45) is 5.12. The van der Waals surface area contributed by atoms with Gasteiger partial charge in [-0.05, 0) is 26.0 Å². The summed E-state index contributed by atoms with van der Waals surface area (Å²) in [6.45, 7) is 5.05. The lowest BCUT2D eigenvalue weighted by Crippen LogP contribution is -2.37. The molecule has 2 aromatic heterocycles. The highest BCUT2D eigenvalue weighted by Crippen LogP contribution is 2.42. The molecule has 34 heavy (non-hydrogen) atoms. The highest BCUT2D eigenvalue weighted by atomic mass is 16.5. The number of hydrogen-bond acceptors (Lipinski definition) is 8. The standard InChI is InChI=1S/C23H27N7O4/c1-23(2)8-13-6-16(28-22(32)14-9-27-30-5-3-4-26-21(14)30)18(7-17(13)34-23)33-19-11-29(10-15(19)24)12-20(25)31/h3-7,9,15,19H,8,10-12,24H2,1-2H3,(H2,25,31)(H,28,32)/t15-,19-/m0/s1. The maximum atomic E-state index is 13.2. The van der Waals surface area contributed by atoms with E-state index in [1.54, 1.807) is 24.5 Å². The largest absolute Gasteiger partial charge is 0.487 e. The van der Waals surface area contributed by atoms with Gasteiger partial charge in [0.1, 0.15) is 28.8 Å². The van der Waals surface area contributed by atoms with Gasteiger partial charge in [-0.3, -0.25) is 14.5 Å². The predicted octanol–water partition coefficient (Wildman–Crippen LogP) is 0.571. The summed E-state index contributed by atoms with van der Waals surface area (Å²) in [5, 5.41) is 7.14. The molecule has 2 atom stereocenters. The Kier molecular flexibility index (Phi) is 5.37. The van der Waals surface area contributed by atoms with E-state index in [2.05, 4.69) is 15.4 Å². The molecule has 2 amide bonds. The molecule has 0 spiro atoms. The van der Waals surface area contributed by atoms with Gasteiger partial charge in [0, 0.05) is 43.5 Å². The third-order valence-electron chi connectivity index (χ3n) is 5.98. The number of ether oxygens (including phenoxy) is 2. The minimum atomic E-state index is -0.420. The number of hydrogen-bond donors (Lipinski definition) is 3. The smallest absolute Gasteiger partial charge is 0.261 e. The van der Waals surface area contributed by atoms with Crippen molar-refractivity contribution in [3.63, 3.8) is 0 Å². The Labute approximate surface area is 196 Å². The minimum Gasteiger partial charge on any atom is -0.487 e. The van der Waals surface area contributed by atoms with E-state index in [-0.39, 0.29) is 30.2 Å². The van der Waals surface area contributed by atoms with Crippen molar-refractivity contribution in [1.82, 2.24) is 19.5 Å². The van der Waals surface area contributed by atoms with Crippen LogP contribution in [-0.4, -0.2) is 68.7 Å². The fourth-order valence-electron chi connectivity index (χ4n) is 4.52. The average Bonchev–Trinajstić information content (AvgIpc) is 3.41. The summed E-state index contributed by atoms with van der Waals surface area (Å²) < 4.78 is 13.9. The van der Waals surface area contributed by atoms with Gasteiger partial charge in [-0.1, -0.05) is 0 Å². The Morgan fingerprint density at radius 1 is 1.32 bits per heavy atom. The molecule has 0 unspecified atom stereocenters. The second-order valence-electron chi connectivity index (χ2n) is 9.38. The first kappa shape index (κ1) is 22.1. The van der Waals surface area contributed by atoms with Crippen LogP contribution in [0.2, 0.25) is 0 Å². The van der Waals surface area contributed by atoms with Crippen molar-refractivity contribution in [2.75, 3.05) is 25.0 Å². The number of likely N-dealkylation sites (tertiary alicyclic amines) is 1. The van der Waals surface area contributed by atoms with Gasteiger partial charge in [0.05, 0.1) is 24.5 Å². The van der Waals surface area contributed by atoms with E-state index >= 15 is 0 Å². The second kappa shape index (κ2) is 8.26.